The number of carbonyl (C=O) groups is 2. The van der Waals surface area contributed by atoms with Crippen molar-refractivity contribution in [3.63, 3.8) is 0 Å². The van der Waals surface area contributed by atoms with E-state index in [4.69, 9.17) is 5.11 Å². The summed E-state index contributed by atoms with van der Waals surface area (Å²) in [7, 11) is 0. The lowest BCUT2D eigenvalue weighted by molar-refractivity contribution is -0.141. The molecular weight excluding hydrogens is 308 g/mol. The quantitative estimate of drug-likeness (QED) is 0.936. The van der Waals surface area contributed by atoms with Crippen LogP contribution in [0.2, 0.25) is 0 Å². The number of hydrogen-bond donors (Lipinski definition) is 1. The highest BCUT2D eigenvalue weighted by molar-refractivity contribution is 5.95. The Morgan fingerprint density at radius 2 is 1.91 bits per heavy atom. The van der Waals surface area contributed by atoms with Crippen molar-refractivity contribution in [3.05, 3.63) is 47.8 Å². The van der Waals surface area contributed by atoms with Crippen LogP contribution in [0.3, 0.4) is 0 Å². The lowest BCUT2D eigenvalue weighted by atomic mass is 10.2. The van der Waals surface area contributed by atoms with Crippen LogP contribution in [-0.4, -0.2) is 44.3 Å². The molecule has 120 valence electrons. The van der Waals surface area contributed by atoms with E-state index in [1.807, 2.05) is 0 Å². The molecule has 1 aromatic heterocycles. The molecule has 0 bridgehead atoms. The predicted octanol–water partition coefficient (Wildman–Crippen LogP) is 1.84. The first-order chi connectivity index (χ1) is 11.0. The number of likely N-dealkylation sites (tertiary alicyclic amines) is 1. The van der Waals surface area contributed by atoms with E-state index in [1.165, 1.54) is 23.2 Å². The fraction of sp³-hybridized carbons (Fsp3) is 0.267. The summed E-state index contributed by atoms with van der Waals surface area (Å²) in [6.07, 6.45) is 2.23. The fourth-order valence-corrected chi connectivity index (χ4v) is 2.68. The predicted molar refractivity (Wildman–Crippen MR) is 75.2 cm³/mol. The second-order valence-corrected chi connectivity index (χ2v) is 5.21. The van der Waals surface area contributed by atoms with Crippen LogP contribution in [0.15, 0.2) is 30.5 Å². The molecule has 0 radical (unpaired) electrons. The minimum atomic E-state index is -1.07. The molecule has 1 saturated heterocycles. The Morgan fingerprint density at radius 3 is 2.57 bits per heavy atom. The Bertz CT molecular complexity index is 755. The zero-order valence-corrected chi connectivity index (χ0v) is 11.9. The minimum absolute atomic E-state index is 0.0548. The van der Waals surface area contributed by atoms with Crippen molar-refractivity contribution >= 4 is 11.9 Å². The van der Waals surface area contributed by atoms with Crippen molar-refractivity contribution < 1.29 is 23.5 Å². The molecule has 6 nitrogen and oxygen atoms in total. The Balaban J connectivity index is 1.90. The SMILES string of the molecule is O=C(O)[C@H]1CCCN1C(=O)c1ccn(-c2c(F)cccc2F)n1. The molecule has 8 heteroatoms. The maximum Gasteiger partial charge on any atom is 0.326 e. The zero-order valence-electron chi connectivity index (χ0n) is 11.9. The Hall–Kier alpha value is -2.77. The van der Waals surface area contributed by atoms with Gasteiger partial charge in [-0.15, -0.1) is 0 Å². The lowest BCUT2D eigenvalue weighted by Crippen LogP contribution is -2.40. The van der Waals surface area contributed by atoms with Crippen molar-refractivity contribution in [2.24, 2.45) is 0 Å². The molecule has 0 spiro atoms. The zero-order chi connectivity index (χ0) is 16.6. The van der Waals surface area contributed by atoms with Gasteiger partial charge in [0.1, 0.15) is 11.7 Å². The largest absolute Gasteiger partial charge is 0.480 e. The molecule has 1 N–H and O–H groups in total. The van der Waals surface area contributed by atoms with Crippen LogP contribution >= 0.6 is 0 Å². The first-order valence-electron chi connectivity index (χ1n) is 7.03. The maximum absolute atomic E-state index is 13.7. The smallest absolute Gasteiger partial charge is 0.326 e. The maximum atomic E-state index is 13.7. The number of aliphatic carboxylic acids is 1. The molecule has 1 amide bonds. The molecule has 1 aliphatic rings. The van der Waals surface area contributed by atoms with Crippen molar-refractivity contribution in [1.29, 1.82) is 0 Å². The Morgan fingerprint density at radius 1 is 1.22 bits per heavy atom. The van der Waals surface area contributed by atoms with E-state index in [0.717, 1.165) is 16.8 Å². The fourth-order valence-electron chi connectivity index (χ4n) is 2.68. The standard InChI is InChI=1S/C15H13F2N3O3/c16-9-3-1-4-10(17)13(9)20-8-6-11(18-20)14(21)19-7-2-5-12(19)15(22)23/h1,3-4,6,8,12H,2,5,7H2,(H,22,23)/t12-/m1/s1. The van der Waals surface area contributed by atoms with Gasteiger partial charge in [-0.3, -0.25) is 4.79 Å². The first kappa shape index (κ1) is 15.1. The van der Waals surface area contributed by atoms with Gasteiger partial charge in [-0.1, -0.05) is 6.07 Å². The van der Waals surface area contributed by atoms with Crippen LogP contribution in [-0.2, 0) is 4.79 Å². The molecular formula is C15H13F2N3O3. The molecule has 1 fully saturated rings. The third-order valence-corrected chi connectivity index (χ3v) is 3.77. The van der Waals surface area contributed by atoms with Crippen LogP contribution in [0.5, 0.6) is 0 Å². The third kappa shape index (κ3) is 2.67. The van der Waals surface area contributed by atoms with Gasteiger partial charge in [-0.2, -0.15) is 5.10 Å². The van der Waals surface area contributed by atoms with Crippen LogP contribution in [0.1, 0.15) is 23.3 Å². The molecule has 23 heavy (non-hydrogen) atoms. The number of carboxylic acids is 1. The second-order valence-electron chi connectivity index (χ2n) is 5.21. The molecule has 0 saturated carbocycles. The summed E-state index contributed by atoms with van der Waals surface area (Å²) < 4.78 is 28.4. The monoisotopic (exact) mass is 321 g/mol. The number of hydrogen-bond acceptors (Lipinski definition) is 3. The number of halogens is 2. The number of para-hydroxylation sites is 1. The molecule has 3 rings (SSSR count). The van der Waals surface area contributed by atoms with Crippen molar-refractivity contribution in [1.82, 2.24) is 14.7 Å². The topological polar surface area (TPSA) is 75.4 Å². The van der Waals surface area contributed by atoms with Gasteiger partial charge in [0, 0.05) is 12.7 Å². The minimum Gasteiger partial charge on any atom is -0.480 e. The lowest BCUT2D eigenvalue weighted by Gasteiger charge is -2.20. The number of amides is 1. The van der Waals surface area contributed by atoms with Gasteiger partial charge in [-0.25, -0.2) is 18.3 Å². The number of rotatable bonds is 3. The number of aromatic nitrogens is 2. The van der Waals surface area contributed by atoms with E-state index in [-0.39, 0.29) is 11.4 Å². The number of carbonyl (C=O) groups excluding carboxylic acids is 1. The van der Waals surface area contributed by atoms with Crippen LogP contribution in [0, 0.1) is 11.6 Å². The van der Waals surface area contributed by atoms with Crippen molar-refractivity contribution in [3.8, 4) is 5.69 Å². The van der Waals surface area contributed by atoms with E-state index in [0.29, 0.717) is 19.4 Å². The molecule has 2 heterocycles. The average Bonchev–Trinajstić information content (AvgIpc) is 3.16. The summed E-state index contributed by atoms with van der Waals surface area (Å²) in [6, 6.07) is 3.82. The third-order valence-electron chi connectivity index (χ3n) is 3.77. The number of nitrogens with zero attached hydrogens (tertiary/aromatic N) is 3. The van der Waals surface area contributed by atoms with E-state index in [9.17, 15) is 18.4 Å². The van der Waals surface area contributed by atoms with Gasteiger partial charge in [0.2, 0.25) is 0 Å². The first-order valence-corrected chi connectivity index (χ1v) is 7.03. The molecule has 2 aromatic rings. The highest BCUT2D eigenvalue weighted by atomic mass is 19.1. The highest BCUT2D eigenvalue weighted by Gasteiger charge is 2.35. The van der Waals surface area contributed by atoms with E-state index < -0.39 is 29.6 Å². The highest BCUT2D eigenvalue weighted by Crippen LogP contribution is 2.21. The van der Waals surface area contributed by atoms with Gasteiger partial charge < -0.3 is 10.0 Å². The Labute approximate surface area is 129 Å². The van der Waals surface area contributed by atoms with Gasteiger partial charge in [0.05, 0.1) is 0 Å². The molecule has 1 atom stereocenters. The van der Waals surface area contributed by atoms with Gasteiger partial charge in [-0.05, 0) is 31.0 Å². The summed E-state index contributed by atoms with van der Waals surface area (Å²) in [5, 5.41) is 13.0. The van der Waals surface area contributed by atoms with Crippen LogP contribution < -0.4 is 0 Å². The molecule has 1 aliphatic heterocycles. The van der Waals surface area contributed by atoms with Crippen molar-refractivity contribution in [2.75, 3.05) is 6.54 Å². The average molecular weight is 321 g/mol. The van der Waals surface area contributed by atoms with Crippen molar-refractivity contribution in [2.45, 2.75) is 18.9 Å². The van der Waals surface area contributed by atoms with E-state index in [1.54, 1.807) is 0 Å². The van der Waals surface area contributed by atoms with Crippen LogP contribution in [0.25, 0.3) is 5.69 Å². The number of benzene rings is 1. The van der Waals surface area contributed by atoms with E-state index in [2.05, 4.69) is 5.10 Å². The molecule has 1 aromatic carbocycles. The Kier molecular flexibility index (Phi) is 3.81. The second kappa shape index (κ2) is 5.79. The number of carboxylic acid groups (broad SMARTS) is 1. The summed E-state index contributed by atoms with van der Waals surface area (Å²) in [5.74, 6) is -3.26. The van der Waals surface area contributed by atoms with Gasteiger partial charge in [0.15, 0.2) is 17.3 Å². The summed E-state index contributed by atoms with van der Waals surface area (Å²) in [5.41, 5.74) is -0.441. The normalized spacial score (nSPS) is 17.5. The van der Waals surface area contributed by atoms with Gasteiger partial charge in [0.25, 0.3) is 5.91 Å². The summed E-state index contributed by atoms with van der Waals surface area (Å²) in [6.45, 7) is 0.316. The van der Waals surface area contributed by atoms with Gasteiger partial charge >= 0.3 is 5.97 Å². The van der Waals surface area contributed by atoms with Crippen LogP contribution in [0.4, 0.5) is 8.78 Å². The summed E-state index contributed by atoms with van der Waals surface area (Å²) >= 11 is 0. The molecule has 0 aliphatic carbocycles. The van der Waals surface area contributed by atoms with E-state index >= 15 is 0 Å². The summed E-state index contributed by atoms with van der Waals surface area (Å²) in [4.78, 5) is 24.7. The molecule has 0 unspecified atom stereocenters.